The van der Waals surface area contributed by atoms with Crippen molar-refractivity contribution in [1.29, 1.82) is 0 Å². The molecule has 0 radical (unpaired) electrons. The van der Waals surface area contributed by atoms with Crippen LogP contribution in [0.25, 0.3) is 0 Å². The summed E-state index contributed by atoms with van der Waals surface area (Å²) in [5.41, 5.74) is 7.73. The summed E-state index contributed by atoms with van der Waals surface area (Å²) in [6.45, 7) is 1.17. The van der Waals surface area contributed by atoms with Gasteiger partial charge in [0.2, 0.25) is 0 Å². The zero-order chi connectivity index (χ0) is 24.2. The first-order valence-electron chi connectivity index (χ1n) is 10.5. The number of hydrogen-bond donors (Lipinski definition) is 2. The van der Waals surface area contributed by atoms with E-state index in [9.17, 15) is 14.4 Å². The molecule has 3 N–H and O–H groups in total. The van der Waals surface area contributed by atoms with Gasteiger partial charge in [0.15, 0.2) is 11.2 Å². The largest absolute Gasteiger partial charge is 0.461 e. The topological polar surface area (TPSA) is 111 Å². The number of hydrogen-bond acceptors (Lipinski definition) is 7. The summed E-state index contributed by atoms with van der Waals surface area (Å²) in [6.07, 6.45) is -0.688. The number of carbonyl (C=O) groups excluding carboxylic acids is 3. The number of nitrogens with one attached hydrogen (secondary N) is 1. The zero-order valence-electron chi connectivity index (χ0n) is 18.3. The quantitative estimate of drug-likeness (QED) is 0.338. The fourth-order valence-corrected chi connectivity index (χ4v) is 5.33. The number of thioether (sulfide) groups is 1. The number of rotatable bonds is 7. The fraction of sp³-hybridized carbons (Fsp3) is 0.250. The highest BCUT2D eigenvalue weighted by atomic mass is 32.2. The van der Waals surface area contributed by atoms with Crippen LogP contribution in [0.15, 0.2) is 71.9 Å². The first kappa shape index (κ1) is 23.8. The molecule has 34 heavy (non-hydrogen) atoms. The Labute approximate surface area is 206 Å². The van der Waals surface area contributed by atoms with Gasteiger partial charge >= 0.3 is 11.9 Å². The van der Waals surface area contributed by atoms with Gasteiger partial charge in [0.1, 0.15) is 23.7 Å². The molecule has 10 heteroatoms. The molecule has 0 saturated carbocycles. The molecule has 0 aromatic heterocycles. The fourth-order valence-electron chi connectivity index (χ4n) is 3.87. The van der Waals surface area contributed by atoms with Crippen molar-refractivity contribution < 1.29 is 23.9 Å². The number of esters is 2. The Morgan fingerprint density at radius 2 is 1.74 bits per heavy atom. The number of fused-ring (bicyclic) bond motifs is 1. The molecule has 0 bridgehead atoms. The Hall–Kier alpha value is -3.37. The molecule has 0 unspecified atom stereocenters. The molecule has 2 aliphatic heterocycles. The number of carbonyl (C=O) groups is 3. The zero-order valence-corrected chi connectivity index (χ0v) is 19.9. The highest BCUT2D eigenvalue weighted by molar-refractivity contribution is 8.00. The first-order chi connectivity index (χ1) is 16.4. The van der Waals surface area contributed by atoms with Crippen molar-refractivity contribution in [2.45, 2.75) is 24.4 Å². The maximum atomic E-state index is 13.6. The van der Waals surface area contributed by atoms with Crippen LogP contribution in [0.2, 0.25) is 0 Å². The van der Waals surface area contributed by atoms with Gasteiger partial charge in [-0.1, -0.05) is 60.7 Å². The minimum atomic E-state index is -0.688. The Balaban J connectivity index is 1.67. The molecule has 1 saturated heterocycles. The van der Waals surface area contributed by atoms with Crippen molar-refractivity contribution in [1.82, 2.24) is 10.2 Å². The van der Waals surface area contributed by atoms with E-state index in [4.69, 9.17) is 27.4 Å². The highest BCUT2D eigenvalue weighted by Gasteiger charge is 2.54. The van der Waals surface area contributed by atoms with E-state index in [-0.39, 0.29) is 28.7 Å². The van der Waals surface area contributed by atoms with Crippen LogP contribution in [-0.2, 0) is 23.9 Å². The van der Waals surface area contributed by atoms with Crippen molar-refractivity contribution in [3.63, 3.8) is 0 Å². The average molecular weight is 498 g/mol. The van der Waals surface area contributed by atoms with Crippen molar-refractivity contribution in [2.75, 3.05) is 12.4 Å². The van der Waals surface area contributed by atoms with Gasteiger partial charge in [0, 0.05) is 18.2 Å². The minimum Gasteiger partial charge on any atom is -0.461 e. The van der Waals surface area contributed by atoms with E-state index in [1.807, 2.05) is 60.7 Å². The molecular formula is C24H23N3O5S2. The summed E-state index contributed by atoms with van der Waals surface area (Å²) in [4.78, 5) is 39.3. The van der Waals surface area contributed by atoms with Gasteiger partial charge in [-0.15, -0.1) is 11.8 Å². The standard InChI is InChI=1S/C24H23N3O5S2/c1-14(28)31-12-17-13-34-22-18(26-24(25)33)21(29)27(22)19(17)23(30)32-20(15-8-4-2-5-9-15)16-10-6-3-7-11-16/h2-11,18,20,22H,12-13H2,1H3,(H3,25,26,33)/t18-,22-/m1/s1. The summed E-state index contributed by atoms with van der Waals surface area (Å²) in [6, 6.07) is 18.1. The van der Waals surface area contributed by atoms with Gasteiger partial charge in [-0.25, -0.2) is 4.79 Å². The van der Waals surface area contributed by atoms with Crippen LogP contribution in [0.1, 0.15) is 24.2 Å². The van der Waals surface area contributed by atoms with Crippen LogP contribution in [-0.4, -0.2) is 51.6 Å². The number of nitrogens with two attached hydrogens (primary N) is 1. The summed E-state index contributed by atoms with van der Waals surface area (Å²) < 4.78 is 11.2. The first-order valence-corrected chi connectivity index (χ1v) is 12.0. The van der Waals surface area contributed by atoms with E-state index in [2.05, 4.69) is 5.32 Å². The summed E-state index contributed by atoms with van der Waals surface area (Å²) in [5, 5.41) is 2.40. The second-order valence-corrected chi connectivity index (χ2v) is 9.28. The van der Waals surface area contributed by atoms with Gasteiger partial charge in [0.05, 0.1) is 0 Å². The molecule has 2 aromatic rings. The number of thiocarbonyl (C=S) groups is 1. The predicted octanol–water partition coefficient (Wildman–Crippen LogP) is 2.25. The lowest BCUT2D eigenvalue weighted by Crippen LogP contribution is -2.71. The van der Waals surface area contributed by atoms with Gasteiger partial charge in [0.25, 0.3) is 5.91 Å². The van der Waals surface area contributed by atoms with Crippen LogP contribution < -0.4 is 11.1 Å². The van der Waals surface area contributed by atoms with Crippen molar-refractivity contribution in [2.24, 2.45) is 5.73 Å². The lowest BCUT2D eigenvalue weighted by molar-refractivity contribution is -0.153. The van der Waals surface area contributed by atoms with Crippen molar-refractivity contribution >= 4 is 46.9 Å². The second-order valence-electron chi connectivity index (χ2n) is 7.74. The number of β-lactam (4-membered cyclic amide) rings is 1. The van der Waals surface area contributed by atoms with E-state index in [1.165, 1.54) is 23.6 Å². The van der Waals surface area contributed by atoms with E-state index >= 15 is 0 Å². The highest BCUT2D eigenvalue weighted by Crippen LogP contribution is 2.41. The van der Waals surface area contributed by atoms with Gasteiger partial charge in [-0.3, -0.25) is 14.5 Å². The maximum Gasteiger partial charge on any atom is 0.356 e. The smallest absolute Gasteiger partial charge is 0.356 e. The molecule has 1 amide bonds. The number of ether oxygens (including phenoxy) is 2. The molecule has 2 heterocycles. The predicted molar refractivity (Wildman–Crippen MR) is 131 cm³/mol. The Bertz CT molecular complexity index is 1100. The van der Waals surface area contributed by atoms with Crippen LogP contribution in [0.4, 0.5) is 0 Å². The second kappa shape index (κ2) is 10.3. The van der Waals surface area contributed by atoms with E-state index < -0.39 is 24.1 Å². The Morgan fingerprint density at radius 1 is 1.15 bits per heavy atom. The lowest BCUT2D eigenvalue weighted by atomic mass is 10.0. The Morgan fingerprint density at radius 3 is 2.26 bits per heavy atom. The van der Waals surface area contributed by atoms with E-state index in [1.54, 1.807) is 0 Å². The SMILES string of the molecule is CC(=O)OCC1=C(C(=O)OC(c2ccccc2)c2ccccc2)N2C(=O)[C@@H](NC(N)=S)[C@H]2SC1. The summed E-state index contributed by atoms with van der Waals surface area (Å²) >= 11 is 6.31. The molecule has 2 aliphatic rings. The van der Waals surface area contributed by atoms with Crippen LogP contribution >= 0.6 is 24.0 Å². The number of amides is 1. The van der Waals surface area contributed by atoms with Gasteiger partial charge < -0.3 is 20.5 Å². The third kappa shape index (κ3) is 4.92. The lowest BCUT2D eigenvalue weighted by Gasteiger charge is -2.49. The van der Waals surface area contributed by atoms with Crippen molar-refractivity contribution in [3.8, 4) is 0 Å². The monoisotopic (exact) mass is 497 g/mol. The third-order valence-electron chi connectivity index (χ3n) is 5.42. The molecule has 2 aromatic carbocycles. The molecule has 0 aliphatic carbocycles. The number of benzene rings is 2. The summed E-state index contributed by atoms with van der Waals surface area (Å²) in [7, 11) is 0. The van der Waals surface area contributed by atoms with Gasteiger partial charge in [-0.05, 0) is 23.3 Å². The normalized spacial score (nSPS) is 19.2. The van der Waals surface area contributed by atoms with E-state index in [0.717, 1.165) is 11.1 Å². The maximum absolute atomic E-state index is 13.6. The Kier molecular flexibility index (Phi) is 7.18. The molecular weight excluding hydrogens is 474 g/mol. The number of nitrogens with zero attached hydrogens (tertiary/aromatic N) is 1. The molecule has 8 nitrogen and oxygen atoms in total. The molecule has 2 atom stereocenters. The summed E-state index contributed by atoms with van der Waals surface area (Å²) in [5.74, 6) is -1.13. The minimum absolute atomic E-state index is 0.00522. The molecule has 1 fully saturated rings. The van der Waals surface area contributed by atoms with Crippen molar-refractivity contribution in [3.05, 3.63) is 83.1 Å². The van der Waals surface area contributed by atoms with E-state index in [0.29, 0.717) is 11.3 Å². The van der Waals surface area contributed by atoms with Gasteiger partial charge in [-0.2, -0.15) is 0 Å². The molecule has 4 rings (SSSR count). The molecule has 176 valence electrons. The van der Waals surface area contributed by atoms with Crippen LogP contribution in [0.3, 0.4) is 0 Å². The average Bonchev–Trinajstić information content (AvgIpc) is 2.84. The third-order valence-corrected chi connectivity index (χ3v) is 6.88. The van der Waals surface area contributed by atoms with Crippen LogP contribution in [0, 0.1) is 0 Å². The molecule has 0 spiro atoms. The van der Waals surface area contributed by atoms with Crippen LogP contribution in [0.5, 0.6) is 0 Å².